The molecule has 0 spiro atoms. The second-order valence-electron chi connectivity index (χ2n) is 4.66. The minimum absolute atomic E-state index is 0.726. The number of nitrogens with one attached hydrogen (secondary N) is 1. The molecule has 106 valence electrons. The van der Waals surface area contributed by atoms with Crippen LogP contribution in [0.3, 0.4) is 0 Å². The lowest BCUT2D eigenvalue weighted by Gasteiger charge is -2.19. The van der Waals surface area contributed by atoms with Gasteiger partial charge in [-0.3, -0.25) is 0 Å². The number of halogens is 3. The second kappa shape index (κ2) is 6.83. The van der Waals surface area contributed by atoms with Crippen LogP contribution in [0.5, 0.6) is 0 Å². The number of benzene rings is 2. The zero-order chi connectivity index (χ0) is 14.7. The van der Waals surface area contributed by atoms with Crippen molar-refractivity contribution in [3.05, 3.63) is 55.9 Å². The van der Waals surface area contributed by atoms with Crippen LogP contribution in [-0.2, 0) is 6.54 Å². The average Bonchev–Trinajstić information content (AvgIpc) is 2.40. The molecule has 0 aliphatic carbocycles. The zero-order valence-electron chi connectivity index (χ0n) is 11.3. The number of nitrogens with zero attached hydrogens (tertiary/aromatic N) is 1. The van der Waals surface area contributed by atoms with Gasteiger partial charge in [-0.1, -0.05) is 33.6 Å². The van der Waals surface area contributed by atoms with E-state index in [0.717, 1.165) is 37.5 Å². The van der Waals surface area contributed by atoms with Gasteiger partial charge >= 0.3 is 0 Å². The molecule has 20 heavy (non-hydrogen) atoms. The molecule has 2 rings (SSSR count). The van der Waals surface area contributed by atoms with E-state index >= 15 is 0 Å². The summed E-state index contributed by atoms with van der Waals surface area (Å²) < 4.78 is 1.97. The summed E-state index contributed by atoms with van der Waals surface area (Å²) >= 11 is 13.0. The number of hydrogen-bond acceptors (Lipinski definition) is 2. The van der Waals surface area contributed by atoms with Crippen molar-refractivity contribution >= 4 is 54.8 Å². The first-order valence-electron chi connectivity index (χ1n) is 6.12. The number of rotatable bonds is 4. The monoisotopic (exact) mass is 416 g/mol. The van der Waals surface area contributed by atoms with Gasteiger partial charge in [-0.15, -0.1) is 0 Å². The van der Waals surface area contributed by atoms with Gasteiger partial charge in [0.05, 0.1) is 16.4 Å². The molecule has 0 radical (unpaired) electrons. The van der Waals surface area contributed by atoms with Crippen molar-refractivity contribution in [3.63, 3.8) is 0 Å². The molecule has 0 unspecified atom stereocenters. The lowest BCUT2D eigenvalue weighted by atomic mass is 10.2. The fourth-order valence-electron chi connectivity index (χ4n) is 1.89. The number of anilines is 2. The Morgan fingerprint density at radius 1 is 1.10 bits per heavy atom. The van der Waals surface area contributed by atoms with E-state index in [1.54, 1.807) is 0 Å². The molecule has 0 aromatic heterocycles. The summed E-state index contributed by atoms with van der Waals surface area (Å²) in [7, 11) is 4.07. The Morgan fingerprint density at radius 2 is 1.85 bits per heavy atom. The lowest BCUT2D eigenvalue weighted by molar-refractivity contribution is 1.10. The van der Waals surface area contributed by atoms with Gasteiger partial charge in [0.15, 0.2) is 0 Å². The third kappa shape index (κ3) is 3.90. The predicted octanol–water partition coefficient (Wildman–Crippen LogP) is 5.54. The summed E-state index contributed by atoms with van der Waals surface area (Å²) in [4.78, 5) is 2.09. The van der Waals surface area contributed by atoms with Crippen molar-refractivity contribution in [2.75, 3.05) is 24.3 Å². The van der Waals surface area contributed by atoms with Crippen LogP contribution in [0.4, 0.5) is 11.4 Å². The smallest absolute Gasteiger partial charge is 0.0597 e. The molecule has 2 nitrogen and oxygen atoms in total. The summed E-state index contributed by atoms with van der Waals surface area (Å²) in [5, 5.41) is 4.18. The topological polar surface area (TPSA) is 15.3 Å². The third-order valence-corrected chi connectivity index (χ3v) is 4.63. The molecule has 0 aliphatic heterocycles. The summed E-state index contributed by atoms with van der Waals surface area (Å²) in [5.41, 5.74) is 3.38. The molecule has 0 fully saturated rings. The van der Waals surface area contributed by atoms with Crippen molar-refractivity contribution in [2.45, 2.75) is 6.54 Å². The van der Waals surface area contributed by atoms with E-state index in [9.17, 15) is 0 Å². The fraction of sp³-hybridized carbons (Fsp3) is 0.200. The van der Waals surface area contributed by atoms with Crippen molar-refractivity contribution in [3.8, 4) is 0 Å². The summed E-state index contributed by atoms with van der Waals surface area (Å²) in [6, 6.07) is 12.2. The van der Waals surface area contributed by atoms with Crippen LogP contribution in [0.1, 0.15) is 5.56 Å². The van der Waals surface area contributed by atoms with Crippen LogP contribution in [-0.4, -0.2) is 14.1 Å². The largest absolute Gasteiger partial charge is 0.379 e. The maximum Gasteiger partial charge on any atom is 0.0597 e. The van der Waals surface area contributed by atoms with Gasteiger partial charge in [0.2, 0.25) is 0 Å². The maximum absolute atomic E-state index is 6.11. The molecule has 0 atom stereocenters. The van der Waals surface area contributed by atoms with Crippen molar-refractivity contribution in [2.24, 2.45) is 0 Å². The number of hydrogen-bond donors (Lipinski definition) is 1. The van der Waals surface area contributed by atoms with Gasteiger partial charge in [0.1, 0.15) is 0 Å². The highest BCUT2D eigenvalue weighted by molar-refractivity contribution is 9.10. The van der Waals surface area contributed by atoms with Gasteiger partial charge in [-0.25, -0.2) is 0 Å². The van der Waals surface area contributed by atoms with Crippen molar-refractivity contribution in [1.29, 1.82) is 0 Å². The van der Waals surface area contributed by atoms with Gasteiger partial charge in [-0.2, -0.15) is 0 Å². The molecule has 2 aromatic carbocycles. The average molecular weight is 419 g/mol. The molecule has 0 bridgehead atoms. The quantitative estimate of drug-likeness (QED) is 0.701. The highest BCUT2D eigenvalue weighted by Crippen LogP contribution is 2.29. The Balaban J connectivity index is 2.17. The summed E-state index contributed by atoms with van der Waals surface area (Å²) in [5.74, 6) is 0. The Labute approximate surface area is 141 Å². The zero-order valence-corrected chi connectivity index (χ0v) is 15.2. The molecule has 1 N–H and O–H groups in total. The van der Waals surface area contributed by atoms with E-state index in [1.807, 2.05) is 32.3 Å². The van der Waals surface area contributed by atoms with Gasteiger partial charge in [0, 0.05) is 29.6 Å². The van der Waals surface area contributed by atoms with E-state index < -0.39 is 0 Å². The van der Waals surface area contributed by atoms with Crippen molar-refractivity contribution in [1.82, 2.24) is 0 Å². The summed E-state index contributed by atoms with van der Waals surface area (Å²) in [6.45, 7) is 0.726. The van der Waals surface area contributed by atoms with Gasteiger partial charge in [-0.05, 0) is 51.8 Å². The third-order valence-electron chi connectivity index (χ3n) is 2.91. The normalized spacial score (nSPS) is 10.4. The molecule has 0 aliphatic rings. The standard InChI is InChI=1S/C15H15Br2ClN2/c1-20(2)15-6-4-11(16)8-14(15)19-9-10-3-5-12(17)13(18)7-10/h3-8,19H,9H2,1-2H3. The second-order valence-corrected chi connectivity index (χ2v) is 6.84. The van der Waals surface area contributed by atoms with E-state index in [4.69, 9.17) is 11.6 Å². The van der Waals surface area contributed by atoms with Crippen LogP contribution >= 0.6 is 43.5 Å². The van der Waals surface area contributed by atoms with E-state index in [2.05, 4.69) is 60.3 Å². The highest BCUT2D eigenvalue weighted by atomic mass is 79.9. The van der Waals surface area contributed by atoms with Crippen LogP contribution in [0.15, 0.2) is 45.3 Å². The molecule has 0 saturated carbocycles. The highest BCUT2D eigenvalue weighted by Gasteiger charge is 2.06. The van der Waals surface area contributed by atoms with E-state index in [-0.39, 0.29) is 0 Å². The molecule has 5 heteroatoms. The Bertz CT molecular complexity index is 615. The van der Waals surface area contributed by atoms with Gasteiger partial charge < -0.3 is 10.2 Å². The minimum atomic E-state index is 0.726. The molecular weight excluding hydrogens is 403 g/mol. The van der Waals surface area contributed by atoms with E-state index in [0.29, 0.717) is 0 Å². The molecule has 0 saturated heterocycles. The SMILES string of the molecule is CN(C)c1ccc(Br)cc1NCc1ccc(Br)c(Cl)c1. The van der Waals surface area contributed by atoms with Crippen molar-refractivity contribution < 1.29 is 0 Å². The first kappa shape index (κ1) is 15.7. The maximum atomic E-state index is 6.11. The van der Waals surface area contributed by atoms with Gasteiger partial charge in [0.25, 0.3) is 0 Å². The molecule has 0 heterocycles. The Kier molecular flexibility index (Phi) is 5.35. The van der Waals surface area contributed by atoms with Crippen LogP contribution < -0.4 is 10.2 Å². The first-order valence-corrected chi connectivity index (χ1v) is 8.08. The Morgan fingerprint density at radius 3 is 2.50 bits per heavy atom. The first-order chi connectivity index (χ1) is 9.47. The molecular formula is C15H15Br2ClN2. The Hall–Kier alpha value is -0.710. The molecule has 0 amide bonds. The van der Waals surface area contributed by atoms with Crippen LogP contribution in [0.2, 0.25) is 5.02 Å². The lowest BCUT2D eigenvalue weighted by Crippen LogP contribution is -2.12. The summed E-state index contributed by atoms with van der Waals surface area (Å²) in [6.07, 6.45) is 0. The minimum Gasteiger partial charge on any atom is -0.379 e. The van der Waals surface area contributed by atoms with Crippen LogP contribution in [0, 0.1) is 0 Å². The molecule has 2 aromatic rings. The van der Waals surface area contributed by atoms with E-state index in [1.165, 1.54) is 0 Å². The predicted molar refractivity (Wildman–Crippen MR) is 94.9 cm³/mol. The fourth-order valence-corrected chi connectivity index (χ4v) is 2.70. The van der Waals surface area contributed by atoms with Crippen LogP contribution in [0.25, 0.3) is 0 Å².